The normalized spacial score (nSPS) is 12.5. The van der Waals surface area contributed by atoms with Crippen LogP contribution in [0.5, 0.6) is 5.75 Å². The minimum atomic E-state index is -3.42. The Labute approximate surface area is 192 Å². The molecule has 0 spiro atoms. The number of para-hydroxylation sites is 1. The summed E-state index contributed by atoms with van der Waals surface area (Å²) < 4.78 is 31.3. The first-order valence-corrected chi connectivity index (χ1v) is 12.7. The fraction of sp³-hybridized carbons (Fsp3) is 0.217. The van der Waals surface area contributed by atoms with Crippen molar-refractivity contribution in [3.8, 4) is 5.75 Å². The van der Waals surface area contributed by atoms with Gasteiger partial charge >= 0.3 is 0 Å². The molecule has 0 radical (unpaired) electrons. The first-order chi connectivity index (χ1) is 15.2. The van der Waals surface area contributed by atoms with Crippen molar-refractivity contribution in [3.05, 3.63) is 81.8 Å². The quantitative estimate of drug-likeness (QED) is 0.454. The topological polar surface area (TPSA) is 97.4 Å². The van der Waals surface area contributed by atoms with E-state index in [1.165, 1.54) is 6.08 Å². The number of aromatic nitrogens is 1. The summed E-state index contributed by atoms with van der Waals surface area (Å²) in [5, 5.41) is 5.83. The lowest BCUT2D eigenvalue weighted by Crippen LogP contribution is -2.25. The number of sulfonamides is 1. The van der Waals surface area contributed by atoms with Crippen LogP contribution < -0.4 is 14.8 Å². The third-order valence-corrected chi connectivity index (χ3v) is 5.85. The number of benzene rings is 2. The minimum absolute atomic E-state index is 0.286. The summed E-state index contributed by atoms with van der Waals surface area (Å²) >= 11 is 1.59. The Morgan fingerprint density at radius 3 is 2.56 bits per heavy atom. The minimum Gasteiger partial charge on any atom is -0.487 e. The molecule has 0 aliphatic carbocycles. The first kappa shape index (κ1) is 23.5. The Morgan fingerprint density at radius 1 is 1.19 bits per heavy atom. The van der Waals surface area contributed by atoms with E-state index in [-0.39, 0.29) is 11.9 Å². The summed E-state index contributed by atoms with van der Waals surface area (Å²) in [7, 11) is -3.42. The van der Waals surface area contributed by atoms with Crippen molar-refractivity contribution >= 4 is 39.0 Å². The second-order valence-electron chi connectivity index (χ2n) is 7.24. The van der Waals surface area contributed by atoms with Crippen molar-refractivity contribution in [3.63, 3.8) is 0 Å². The molecule has 3 aromatic rings. The van der Waals surface area contributed by atoms with E-state index in [9.17, 15) is 13.2 Å². The molecule has 1 amide bonds. The van der Waals surface area contributed by atoms with Gasteiger partial charge in [-0.3, -0.25) is 9.52 Å². The predicted molar refractivity (Wildman–Crippen MR) is 128 cm³/mol. The van der Waals surface area contributed by atoms with Crippen LogP contribution in [0, 0.1) is 6.92 Å². The summed E-state index contributed by atoms with van der Waals surface area (Å²) in [5.74, 6) is 0.437. The highest BCUT2D eigenvalue weighted by Crippen LogP contribution is 2.23. The number of hydrogen-bond acceptors (Lipinski definition) is 6. The maximum Gasteiger partial charge on any atom is 0.244 e. The molecule has 0 saturated carbocycles. The van der Waals surface area contributed by atoms with Gasteiger partial charge in [0.05, 0.1) is 28.7 Å². The third kappa shape index (κ3) is 7.21. The third-order valence-electron chi connectivity index (χ3n) is 4.44. The summed E-state index contributed by atoms with van der Waals surface area (Å²) in [4.78, 5) is 16.7. The fourth-order valence-corrected chi connectivity index (χ4v) is 4.17. The molecular weight excluding hydrogens is 446 g/mol. The predicted octanol–water partition coefficient (Wildman–Crippen LogP) is 4.29. The molecule has 1 aromatic heterocycles. The molecule has 1 atom stereocenters. The molecule has 7 nitrogen and oxygen atoms in total. The molecule has 2 aromatic carbocycles. The highest BCUT2D eigenvalue weighted by Gasteiger charge is 2.14. The molecule has 3 rings (SSSR count). The van der Waals surface area contributed by atoms with Gasteiger partial charge in [-0.1, -0.05) is 30.3 Å². The molecule has 0 saturated heterocycles. The van der Waals surface area contributed by atoms with Crippen LogP contribution in [0.3, 0.4) is 0 Å². The van der Waals surface area contributed by atoms with Crippen molar-refractivity contribution < 1.29 is 17.9 Å². The summed E-state index contributed by atoms with van der Waals surface area (Å²) in [6.45, 7) is 4.16. The lowest BCUT2D eigenvalue weighted by atomic mass is 10.1. The van der Waals surface area contributed by atoms with Crippen molar-refractivity contribution in [2.45, 2.75) is 26.5 Å². The second kappa shape index (κ2) is 10.4. The Kier molecular flexibility index (Phi) is 7.66. The molecule has 32 heavy (non-hydrogen) atoms. The monoisotopic (exact) mass is 471 g/mol. The molecule has 1 heterocycles. The largest absolute Gasteiger partial charge is 0.487 e. The fourth-order valence-electron chi connectivity index (χ4n) is 2.99. The number of nitrogens with zero attached hydrogens (tertiary/aromatic N) is 1. The Hall–Kier alpha value is -3.17. The number of anilines is 1. The zero-order chi connectivity index (χ0) is 23.1. The van der Waals surface area contributed by atoms with Gasteiger partial charge in [0.2, 0.25) is 15.9 Å². The molecular formula is C23H25N3O4S2. The number of thiazole rings is 1. The van der Waals surface area contributed by atoms with Gasteiger partial charge < -0.3 is 10.1 Å². The van der Waals surface area contributed by atoms with E-state index in [0.717, 1.165) is 28.3 Å². The van der Waals surface area contributed by atoms with Gasteiger partial charge in [-0.2, -0.15) is 0 Å². The second-order valence-corrected chi connectivity index (χ2v) is 10.1. The maximum absolute atomic E-state index is 12.4. The van der Waals surface area contributed by atoms with Gasteiger partial charge in [-0.05, 0) is 49.2 Å². The summed E-state index contributed by atoms with van der Waals surface area (Å²) in [6.07, 6.45) is 4.24. The van der Waals surface area contributed by atoms with Crippen LogP contribution in [0.25, 0.3) is 6.08 Å². The SMILES string of the molecule is Cc1nc(COc2ccc(C=CC(=O)NC(C)c3ccccc3NS(C)(=O)=O)cc2)cs1. The Balaban J connectivity index is 1.56. The van der Waals surface area contributed by atoms with Crippen molar-refractivity contribution in [2.75, 3.05) is 11.0 Å². The van der Waals surface area contributed by atoms with Gasteiger partial charge in [0.1, 0.15) is 12.4 Å². The smallest absolute Gasteiger partial charge is 0.244 e. The van der Waals surface area contributed by atoms with Crippen LogP contribution in [0.4, 0.5) is 5.69 Å². The lowest BCUT2D eigenvalue weighted by molar-refractivity contribution is -0.117. The highest BCUT2D eigenvalue weighted by molar-refractivity contribution is 7.92. The van der Waals surface area contributed by atoms with Crippen molar-refractivity contribution in [1.29, 1.82) is 0 Å². The molecule has 0 fully saturated rings. The number of nitrogens with one attached hydrogen (secondary N) is 2. The zero-order valence-corrected chi connectivity index (χ0v) is 19.7. The van der Waals surface area contributed by atoms with Gasteiger partial charge in [0, 0.05) is 11.5 Å². The number of ether oxygens (including phenoxy) is 1. The van der Waals surface area contributed by atoms with E-state index in [4.69, 9.17) is 4.74 Å². The molecule has 9 heteroatoms. The number of aryl methyl sites for hydroxylation is 1. The summed E-state index contributed by atoms with van der Waals surface area (Å²) in [6, 6.07) is 14.0. The Bertz CT molecular complexity index is 1200. The molecule has 0 aliphatic rings. The molecule has 0 bridgehead atoms. The molecule has 168 valence electrons. The lowest BCUT2D eigenvalue weighted by Gasteiger charge is -2.17. The van der Waals surface area contributed by atoms with Crippen LogP contribution in [-0.2, 0) is 21.4 Å². The van der Waals surface area contributed by atoms with Gasteiger partial charge in [-0.25, -0.2) is 13.4 Å². The molecule has 2 N–H and O–H groups in total. The number of amides is 1. The van der Waals surface area contributed by atoms with Crippen LogP contribution in [0.15, 0.2) is 60.0 Å². The first-order valence-electron chi connectivity index (χ1n) is 9.89. The van der Waals surface area contributed by atoms with E-state index in [1.54, 1.807) is 48.6 Å². The zero-order valence-electron chi connectivity index (χ0n) is 18.0. The van der Waals surface area contributed by atoms with Crippen LogP contribution >= 0.6 is 11.3 Å². The number of hydrogen-bond donors (Lipinski definition) is 2. The maximum atomic E-state index is 12.4. The van der Waals surface area contributed by atoms with E-state index in [2.05, 4.69) is 15.0 Å². The average molecular weight is 472 g/mol. The average Bonchev–Trinajstić information content (AvgIpc) is 3.16. The Morgan fingerprint density at radius 2 is 1.91 bits per heavy atom. The number of carbonyl (C=O) groups excluding carboxylic acids is 1. The molecule has 1 unspecified atom stereocenters. The van der Waals surface area contributed by atoms with Crippen LogP contribution in [0.1, 0.15) is 34.8 Å². The number of carbonyl (C=O) groups is 1. The van der Waals surface area contributed by atoms with Crippen molar-refractivity contribution in [2.24, 2.45) is 0 Å². The van der Waals surface area contributed by atoms with Gasteiger partial charge in [0.25, 0.3) is 0 Å². The standard InChI is InChI=1S/C23H25N3O4S2/c1-16(21-6-4-5-7-22(21)26-32(3,28)29)24-23(27)13-10-18-8-11-20(12-9-18)30-14-19-15-31-17(2)25-19/h4-13,15-16,26H,14H2,1-3H3,(H,24,27). The van der Waals surface area contributed by atoms with Gasteiger partial charge in [-0.15, -0.1) is 11.3 Å². The van der Waals surface area contributed by atoms with E-state index >= 15 is 0 Å². The molecule has 0 aliphatic heterocycles. The highest BCUT2D eigenvalue weighted by atomic mass is 32.2. The van der Waals surface area contributed by atoms with E-state index in [0.29, 0.717) is 17.9 Å². The number of rotatable bonds is 9. The summed E-state index contributed by atoms with van der Waals surface area (Å²) in [5.41, 5.74) is 2.87. The van der Waals surface area contributed by atoms with Crippen LogP contribution in [0.2, 0.25) is 0 Å². The van der Waals surface area contributed by atoms with Crippen molar-refractivity contribution in [1.82, 2.24) is 10.3 Å². The van der Waals surface area contributed by atoms with E-state index in [1.807, 2.05) is 36.6 Å². The van der Waals surface area contributed by atoms with E-state index < -0.39 is 10.0 Å². The van der Waals surface area contributed by atoms with Crippen LogP contribution in [-0.4, -0.2) is 25.6 Å². The van der Waals surface area contributed by atoms with Gasteiger partial charge in [0.15, 0.2) is 0 Å².